The van der Waals surface area contributed by atoms with Crippen molar-refractivity contribution in [2.75, 3.05) is 20.1 Å². The predicted molar refractivity (Wildman–Crippen MR) is 61.0 cm³/mol. The first-order valence-corrected chi connectivity index (χ1v) is 5.15. The molecule has 0 fully saturated rings. The van der Waals surface area contributed by atoms with Gasteiger partial charge in [0.15, 0.2) is 0 Å². The first kappa shape index (κ1) is 11.2. The Bertz CT molecular complexity index is 246. The molecule has 0 saturated heterocycles. The molecule has 1 aromatic rings. The maximum absolute atomic E-state index is 5.59. The van der Waals surface area contributed by atoms with Gasteiger partial charge in [0.2, 0.25) is 0 Å². The van der Waals surface area contributed by atoms with Crippen molar-refractivity contribution in [3.8, 4) is 0 Å². The number of nitrogens with zero attached hydrogens (tertiary/aromatic N) is 1. The van der Waals surface area contributed by atoms with Crippen LogP contribution in [-0.4, -0.2) is 25.0 Å². The molecule has 0 aromatic heterocycles. The van der Waals surface area contributed by atoms with Crippen molar-refractivity contribution in [1.82, 2.24) is 4.90 Å². The van der Waals surface area contributed by atoms with Crippen molar-refractivity contribution in [3.05, 3.63) is 35.9 Å². The van der Waals surface area contributed by atoms with Crippen LogP contribution in [-0.2, 0) is 6.54 Å². The highest BCUT2D eigenvalue weighted by molar-refractivity contribution is 5.14. The molecule has 0 aliphatic heterocycles. The van der Waals surface area contributed by atoms with Crippen LogP contribution in [0.5, 0.6) is 0 Å². The quantitative estimate of drug-likeness (QED) is 0.769. The van der Waals surface area contributed by atoms with Gasteiger partial charge >= 0.3 is 0 Å². The maximum atomic E-state index is 5.59. The molecule has 78 valence electrons. The smallest absolute Gasteiger partial charge is 0.0230 e. The molecule has 1 unspecified atom stereocenters. The number of rotatable bonds is 5. The van der Waals surface area contributed by atoms with E-state index in [0.29, 0.717) is 5.92 Å². The number of benzene rings is 1. The summed E-state index contributed by atoms with van der Waals surface area (Å²) in [6.45, 7) is 5.01. The average Bonchev–Trinajstić information content (AvgIpc) is 2.19. The molecule has 0 saturated carbocycles. The summed E-state index contributed by atoms with van der Waals surface area (Å²) in [6.07, 6.45) is 0. The standard InChI is InChI=1S/C12H20N2/c1-11(8-13)9-14(2)10-12-6-4-3-5-7-12/h3-7,11H,8-10,13H2,1-2H3. The summed E-state index contributed by atoms with van der Waals surface area (Å²) in [5.74, 6) is 0.573. The van der Waals surface area contributed by atoms with Gasteiger partial charge in [0, 0.05) is 13.1 Å². The zero-order valence-electron chi connectivity index (χ0n) is 9.11. The largest absolute Gasteiger partial charge is 0.330 e. The minimum absolute atomic E-state index is 0.573. The molecule has 1 aromatic carbocycles. The van der Waals surface area contributed by atoms with Crippen molar-refractivity contribution in [3.63, 3.8) is 0 Å². The van der Waals surface area contributed by atoms with E-state index >= 15 is 0 Å². The summed E-state index contributed by atoms with van der Waals surface area (Å²) >= 11 is 0. The molecule has 14 heavy (non-hydrogen) atoms. The normalized spacial score (nSPS) is 13.1. The highest BCUT2D eigenvalue weighted by Crippen LogP contribution is 2.04. The number of hydrogen-bond donors (Lipinski definition) is 1. The third-order valence-corrected chi connectivity index (χ3v) is 2.32. The summed E-state index contributed by atoms with van der Waals surface area (Å²) in [7, 11) is 2.14. The third kappa shape index (κ3) is 3.90. The van der Waals surface area contributed by atoms with Crippen LogP contribution in [0.4, 0.5) is 0 Å². The van der Waals surface area contributed by atoms with E-state index in [-0.39, 0.29) is 0 Å². The zero-order valence-corrected chi connectivity index (χ0v) is 9.11. The molecule has 1 atom stereocenters. The van der Waals surface area contributed by atoms with Gasteiger partial charge in [0.1, 0.15) is 0 Å². The molecule has 0 bridgehead atoms. The summed E-state index contributed by atoms with van der Waals surface area (Å²) < 4.78 is 0. The van der Waals surface area contributed by atoms with Crippen molar-refractivity contribution >= 4 is 0 Å². The van der Waals surface area contributed by atoms with E-state index in [4.69, 9.17) is 5.73 Å². The van der Waals surface area contributed by atoms with Crippen molar-refractivity contribution < 1.29 is 0 Å². The molecule has 0 aliphatic carbocycles. The molecule has 0 amide bonds. The minimum Gasteiger partial charge on any atom is -0.330 e. The van der Waals surface area contributed by atoms with E-state index in [1.165, 1.54) is 5.56 Å². The van der Waals surface area contributed by atoms with Gasteiger partial charge in [-0.2, -0.15) is 0 Å². The second-order valence-corrected chi connectivity index (χ2v) is 4.02. The lowest BCUT2D eigenvalue weighted by Crippen LogP contribution is -2.27. The fourth-order valence-corrected chi connectivity index (χ4v) is 1.57. The second kappa shape index (κ2) is 5.78. The van der Waals surface area contributed by atoms with Crippen LogP contribution in [0.1, 0.15) is 12.5 Å². The molecule has 0 radical (unpaired) electrons. The zero-order chi connectivity index (χ0) is 10.4. The van der Waals surface area contributed by atoms with Gasteiger partial charge in [-0.15, -0.1) is 0 Å². The van der Waals surface area contributed by atoms with E-state index in [9.17, 15) is 0 Å². The Balaban J connectivity index is 2.37. The van der Waals surface area contributed by atoms with Gasteiger partial charge in [-0.3, -0.25) is 0 Å². The van der Waals surface area contributed by atoms with Crippen LogP contribution in [0, 0.1) is 5.92 Å². The highest BCUT2D eigenvalue weighted by Gasteiger charge is 2.04. The van der Waals surface area contributed by atoms with Crippen molar-refractivity contribution in [2.45, 2.75) is 13.5 Å². The minimum atomic E-state index is 0.573. The lowest BCUT2D eigenvalue weighted by molar-refractivity contribution is 0.282. The predicted octanol–water partition coefficient (Wildman–Crippen LogP) is 1.71. The summed E-state index contributed by atoms with van der Waals surface area (Å²) in [5, 5.41) is 0. The van der Waals surface area contributed by atoms with Gasteiger partial charge in [0.25, 0.3) is 0 Å². The lowest BCUT2D eigenvalue weighted by Gasteiger charge is -2.20. The summed E-state index contributed by atoms with van der Waals surface area (Å²) in [4.78, 5) is 2.31. The molecular weight excluding hydrogens is 172 g/mol. The lowest BCUT2D eigenvalue weighted by atomic mass is 10.1. The molecule has 2 N–H and O–H groups in total. The average molecular weight is 192 g/mol. The molecule has 2 nitrogen and oxygen atoms in total. The Hall–Kier alpha value is -0.860. The molecule has 2 heteroatoms. The molecular formula is C12H20N2. The third-order valence-electron chi connectivity index (χ3n) is 2.32. The van der Waals surface area contributed by atoms with Crippen LogP contribution >= 0.6 is 0 Å². The number of nitrogens with two attached hydrogens (primary N) is 1. The fourth-order valence-electron chi connectivity index (χ4n) is 1.57. The van der Waals surface area contributed by atoms with Gasteiger partial charge in [-0.25, -0.2) is 0 Å². The topological polar surface area (TPSA) is 29.3 Å². The van der Waals surface area contributed by atoms with Crippen molar-refractivity contribution in [2.24, 2.45) is 11.7 Å². The molecule has 0 spiro atoms. The Kier molecular flexibility index (Phi) is 4.63. The van der Waals surface area contributed by atoms with E-state index in [1.807, 2.05) is 6.07 Å². The van der Waals surface area contributed by atoms with Crippen LogP contribution in [0.25, 0.3) is 0 Å². The van der Waals surface area contributed by atoms with Crippen molar-refractivity contribution in [1.29, 1.82) is 0 Å². The maximum Gasteiger partial charge on any atom is 0.0230 e. The Morgan fingerprint density at radius 1 is 1.29 bits per heavy atom. The first-order valence-electron chi connectivity index (χ1n) is 5.15. The van der Waals surface area contributed by atoms with E-state index in [0.717, 1.165) is 19.6 Å². The summed E-state index contributed by atoms with van der Waals surface area (Å²) in [6, 6.07) is 10.5. The highest BCUT2D eigenvalue weighted by atomic mass is 15.1. The Labute approximate surface area is 86.7 Å². The monoisotopic (exact) mass is 192 g/mol. The van der Waals surface area contributed by atoms with Crippen LogP contribution in [0.3, 0.4) is 0 Å². The van der Waals surface area contributed by atoms with Gasteiger partial charge in [-0.1, -0.05) is 37.3 Å². The Morgan fingerprint density at radius 2 is 1.93 bits per heavy atom. The second-order valence-electron chi connectivity index (χ2n) is 4.02. The van der Waals surface area contributed by atoms with E-state index < -0.39 is 0 Å². The number of hydrogen-bond acceptors (Lipinski definition) is 2. The fraction of sp³-hybridized carbons (Fsp3) is 0.500. The molecule has 0 aliphatic rings. The van der Waals surface area contributed by atoms with Crippen LogP contribution < -0.4 is 5.73 Å². The molecule has 1 rings (SSSR count). The Morgan fingerprint density at radius 3 is 2.50 bits per heavy atom. The van der Waals surface area contributed by atoms with Crippen LogP contribution in [0.15, 0.2) is 30.3 Å². The van der Waals surface area contributed by atoms with E-state index in [2.05, 4.69) is 43.1 Å². The van der Waals surface area contributed by atoms with Gasteiger partial charge in [0.05, 0.1) is 0 Å². The van der Waals surface area contributed by atoms with Gasteiger partial charge < -0.3 is 10.6 Å². The van der Waals surface area contributed by atoms with Crippen LogP contribution in [0.2, 0.25) is 0 Å². The SMILES string of the molecule is CC(CN)CN(C)Cc1ccccc1. The molecule has 0 heterocycles. The first-order chi connectivity index (χ1) is 6.72. The van der Waals surface area contributed by atoms with Gasteiger partial charge in [-0.05, 0) is 25.1 Å². The van der Waals surface area contributed by atoms with E-state index in [1.54, 1.807) is 0 Å². The summed E-state index contributed by atoms with van der Waals surface area (Å²) in [5.41, 5.74) is 6.95.